The van der Waals surface area contributed by atoms with Gasteiger partial charge in [-0.15, -0.1) is 11.3 Å². The number of nitrogens with one attached hydrogen (secondary N) is 1. The molecule has 102 valence electrons. The van der Waals surface area contributed by atoms with E-state index in [1.54, 1.807) is 0 Å². The van der Waals surface area contributed by atoms with Crippen LogP contribution < -0.4 is 5.32 Å². The molecular formula is C13H19Cl2NOS. The van der Waals surface area contributed by atoms with Crippen LogP contribution in [0.25, 0.3) is 0 Å². The smallest absolute Gasteiger partial charge is 0.0991 e. The summed E-state index contributed by atoms with van der Waals surface area (Å²) in [6, 6.07) is 2.02. The fourth-order valence-electron chi connectivity index (χ4n) is 2.49. The van der Waals surface area contributed by atoms with E-state index in [-0.39, 0.29) is 6.04 Å². The SMILES string of the molecule is CC(NCC1(O)CCCCC1)c1cc(Cl)sc1Cl. The highest BCUT2D eigenvalue weighted by molar-refractivity contribution is 7.20. The zero-order chi connectivity index (χ0) is 13.2. The van der Waals surface area contributed by atoms with Gasteiger partial charge in [-0.05, 0) is 31.4 Å². The van der Waals surface area contributed by atoms with E-state index in [0.29, 0.717) is 10.9 Å². The Morgan fingerprint density at radius 2 is 2.06 bits per heavy atom. The molecule has 0 aliphatic heterocycles. The standard InChI is InChI=1S/C13H19Cl2NOS/c1-9(10-7-11(14)18-12(10)15)16-8-13(17)5-3-2-4-6-13/h7,9,16-17H,2-6,8H2,1H3. The largest absolute Gasteiger partial charge is 0.389 e. The van der Waals surface area contributed by atoms with Gasteiger partial charge in [-0.3, -0.25) is 0 Å². The Labute approximate surface area is 122 Å². The molecule has 1 saturated carbocycles. The van der Waals surface area contributed by atoms with Gasteiger partial charge in [-0.25, -0.2) is 0 Å². The summed E-state index contributed by atoms with van der Waals surface area (Å²) in [7, 11) is 0. The van der Waals surface area contributed by atoms with Crippen molar-refractivity contribution >= 4 is 34.5 Å². The highest BCUT2D eigenvalue weighted by Gasteiger charge is 2.29. The Kier molecular flexibility index (Phi) is 4.95. The molecule has 5 heteroatoms. The Hall–Kier alpha value is 0.200. The van der Waals surface area contributed by atoms with Crippen molar-refractivity contribution in [1.29, 1.82) is 0 Å². The zero-order valence-corrected chi connectivity index (χ0v) is 12.8. The van der Waals surface area contributed by atoms with Crippen molar-refractivity contribution in [3.63, 3.8) is 0 Å². The third kappa shape index (κ3) is 3.61. The van der Waals surface area contributed by atoms with E-state index < -0.39 is 5.60 Å². The van der Waals surface area contributed by atoms with Crippen LogP contribution in [0.3, 0.4) is 0 Å². The number of hydrogen-bond donors (Lipinski definition) is 2. The van der Waals surface area contributed by atoms with Crippen molar-refractivity contribution in [2.75, 3.05) is 6.54 Å². The van der Waals surface area contributed by atoms with Crippen molar-refractivity contribution in [1.82, 2.24) is 5.32 Å². The Bertz CT molecular complexity index is 402. The first-order chi connectivity index (χ1) is 8.50. The second-order valence-electron chi connectivity index (χ2n) is 5.17. The number of halogens is 2. The first kappa shape index (κ1) is 14.6. The summed E-state index contributed by atoms with van der Waals surface area (Å²) in [5.41, 5.74) is 0.477. The minimum Gasteiger partial charge on any atom is -0.389 e. The lowest BCUT2D eigenvalue weighted by atomic mass is 9.84. The van der Waals surface area contributed by atoms with Gasteiger partial charge in [0.2, 0.25) is 0 Å². The fourth-order valence-corrected chi connectivity index (χ4v) is 4.13. The lowest BCUT2D eigenvalue weighted by Crippen LogP contribution is -2.42. The van der Waals surface area contributed by atoms with Gasteiger partial charge in [0.1, 0.15) is 0 Å². The van der Waals surface area contributed by atoms with E-state index in [9.17, 15) is 5.11 Å². The molecule has 0 aromatic carbocycles. The summed E-state index contributed by atoms with van der Waals surface area (Å²) in [6.45, 7) is 2.68. The molecule has 0 bridgehead atoms. The highest BCUT2D eigenvalue weighted by Crippen LogP contribution is 2.35. The van der Waals surface area contributed by atoms with Gasteiger partial charge in [0, 0.05) is 12.6 Å². The molecule has 1 aliphatic rings. The summed E-state index contributed by atoms with van der Waals surface area (Å²) < 4.78 is 1.44. The van der Waals surface area contributed by atoms with Gasteiger partial charge >= 0.3 is 0 Å². The van der Waals surface area contributed by atoms with Gasteiger partial charge in [-0.2, -0.15) is 0 Å². The first-order valence-electron chi connectivity index (χ1n) is 6.41. The molecular weight excluding hydrogens is 289 g/mol. The lowest BCUT2D eigenvalue weighted by Gasteiger charge is -2.33. The van der Waals surface area contributed by atoms with Crippen molar-refractivity contribution in [2.24, 2.45) is 0 Å². The average Bonchev–Trinajstić information content (AvgIpc) is 2.67. The van der Waals surface area contributed by atoms with Gasteiger partial charge in [0.05, 0.1) is 14.3 Å². The molecule has 0 radical (unpaired) electrons. The van der Waals surface area contributed by atoms with Crippen LogP contribution in [-0.2, 0) is 0 Å². The molecule has 1 atom stereocenters. The number of aliphatic hydroxyl groups is 1. The molecule has 1 aromatic heterocycles. The molecule has 1 aliphatic carbocycles. The van der Waals surface area contributed by atoms with Crippen LogP contribution in [-0.4, -0.2) is 17.3 Å². The average molecular weight is 308 g/mol. The van der Waals surface area contributed by atoms with E-state index in [4.69, 9.17) is 23.2 Å². The van der Waals surface area contributed by atoms with Crippen LogP contribution in [0.2, 0.25) is 8.67 Å². The minimum atomic E-state index is -0.543. The second-order valence-corrected chi connectivity index (χ2v) is 7.45. The van der Waals surface area contributed by atoms with E-state index in [1.165, 1.54) is 17.8 Å². The molecule has 0 spiro atoms. The molecule has 18 heavy (non-hydrogen) atoms. The maximum Gasteiger partial charge on any atom is 0.0991 e. The topological polar surface area (TPSA) is 32.3 Å². The van der Waals surface area contributed by atoms with E-state index in [2.05, 4.69) is 12.2 Å². The maximum absolute atomic E-state index is 10.4. The molecule has 2 rings (SSSR count). The summed E-state index contributed by atoms with van der Waals surface area (Å²) in [6.07, 6.45) is 5.27. The van der Waals surface area contributed by atoms with Crippen molar-refractivity contribution < 1.29 is 5.11 Å². The number of thiophene rings is 1. The van der Waals surface area contributed by atoms with Crippen LogP contribution in [0.1, 0.15) is 50.6 Å². The summed E-state index contributed by atoms with van der Waals surface area (Å²) >= 11 is 13.5. The van der Waals surface area contributed by atoms with Crippen LogP contribution in [0.5, 0.6) is 0 Å². The third-order valence-corrected chi connectivity index (χ3v) is 5.19. The Morgan fingerprint density at radius 3 is 2.61 bits per heavy atom. The predicted octanol–water partition coefficient (Wildman–Crippen LogP) is 4.40. The highest BCUT2D eigenvalue weighted by atomic mass is 35.5. The van der Waals surface area contributed by atoms with Gasteiger partial charge < -0.3 is 10.4 Å². The Balaban J connectivity index is 1.91. The monoisotopic (exact) mass is 307 g/mol. The van der Waals surface area contributed by atoms with Gasteiger partial charge in [-0.1, -0.05) is 42.5 Å². The molecule has 2 N–H and O–H groups in total. The van der Waals surface area contributed by atoms with Crippen molar-refractivity contribution in [2.45, 2.75) is 50.7 Å². The molecule has 0 amide bonds. The van der Waals surface area contributed by atoms with E-state index >= 15 is 0 Å². The zero-order valence-electron chi connectivity index (χ0n) is 10.5. The molecule has 1 heterocycles. The quantitative estimate of drug-likeness (QED) is 0.864. The van der Waals surface area contributed by atoms with E-state index in [1.807, 2.05) is 6.07 Å². The van der Waals surface area contributed by atoms with Crippen molar-refractivity contribution in [3.05, 3.63) is 20.3 Å². The van der Waals surface area contributed by atoms with Crippen LogP contribution in [0.15, 0.2) is 6.07 Å². The minimum absolute atomic E-state index is 0.118. The molecule has 1 aromatic rings. The second kappa shape index (κ2) is 6.10. The lowest BCUT2D eigenvalue weighted by molar-refractivity contribution is 0.00301. The molecule has 2 nitrogen and oxygen atoms in total. The van der Waals surface area contributed by atoms with Crippen LogP contribution in [0.4, 0.5) is 0 Å². The van der Waals surface area contributed by atoms with Gasteiger partial charge in [0.15, 0.2) is 0 Å². The first-order valence-corrected chi connectivity index (χ1v) is 7.98. The summed E-state index contributed by atoms with van der Waals surface area (Å²) in [5, 5.41) is 13.8. The van der Waals surface area contributed by atoms with Crippen LogP contribution >= 0.6 is 34.5 Å². The molecule has 1 unspecified atom stereocenters. The normalized spacial score (nSPS) is 20.9. The number of rotatable bonds is 4. The fraction of sp³-hybridized carbons (Fsp3) is 0.692. The molecule has 1 fully saturated rings. The van der Waals surface area contributed by atoms with Crippen LogP contribution in [0, 0.1) is 0 Å². The summed E-state index contributed by atoms with van der Waals surface area (Å²) in [5.74, 6) is 0. The Morgan fingerprint density at radius 1 is 1.39 bits per heavy atom. The predicted molar refractivity (Wildman–Crippen MR) is 78.8 cm³/mol. The maximum atomic E-state index is 10.4. The van der Waals surface area contributed by atoms with E-state index in [0.717, 1.165) is 35.6 Å². The number of hydrogen-bond acceptors (Lipinski definition) is 3. The van der Waals surface area contributed by atoms with Crippen molar-refractivity contribution in [3.8, 4) is 0 Å². The van der Waals surface area contributed by atoms with Gasteiger partial charge in [0.25, 0.3) is 0 Å². The summed E-state index contributed by atoms with van der Waals surface area (Å²) in [4.78, 5) is 0. The third-order valence-electron chi connectivity index (χ3n) is 3.67. The molecule has 0 saturated heterocycles.